The first-order chi connectivity index (χ1) is 6.16. The molecule has 0 aromatic carbocycles. The van der Waals surface area contributed by atoms with Gasteiger partial charge in [-0.25, -0.2) is 0 Å². The van der Waals surface area contributed by atoms with Crippen molar-refractivity contribution in [3.8, 4) is 0 Å². The zero-order chi connectivity index (χ0) is 9.42. The number of halogens is 1. The number of rotatable bonds is 2. The maximum absolute atomic E-state index is 11.5. The molecule has 1 atom stereocenters. The Bertz CT molecular complexity index is 216. The average Bonchev–Trinajstić information content (AvgIpc) is 2.33. The Balaban J connectivity index is 1.79. The van der Waals surface area contributed by atoms with Gasteiger partial charge in [-0.2, -0.15) is 0 Å². The molecule has 0 radical (unpaired) electrons. The molecule has 0 spiro atoms. The fourth-order valence-corrected chi connectivity index (χ4v) is 2.54. The van der Waals surface area contributed by atoms with Gasteiger partial charge in [0.1, 0.15) is 0 Å². The van der Waals surface area contributed by atoms with Gasteiger partial charge in [-0.1, -0.05) is 15.9 Å². The molecule has 3 nitrogen and oxygen atoms in total. The number of hydrogen-bond acceptors (Lipinski definition) is 2. The molecular weight excluding hydrogens is 234 g/mol. The molecule has 1 heterocycles. The van der Waals surface area contributed by atoms with Crippen molar-refractivity contribution < 1.29 is 9.90 Å². The highest BCUT2D eigenvalue weighted by Crippen LogP contribution is 2.30. The number of aliphatic hydroxyl groups is 1. The normalized spacial score (nSPS) is 39.4. The highest BCUT2D eigenvalue weighted by atomic mass is 79.9. The second-order valence-corrected chi connectivity index (χ2v) is 5.14. The van der Waals surface area contributed by atoms with Crippen molar-refractivity contribution in [1.29, 1.82) is 0 Å². The predicted octanol–water partition coefficient (Wildman–Crippen LogP) is 0.753. The van der Waals surface area contributed by atoms with E-state index < -0.39 is 0 Å². The largest absolute Gasteiger partial charge is 0.393 e. The molecule has 1 unspecified atom stereocenters. The van der Waals surface area contributed by atoms with Crippen LogP contribution < -0.4 is 0 Å². The average molecular weight is 248 g/mol. The van der Waals surface area contributed by atoms with E-state index in [0.717, 1.165) is 32.4 Å². The van der Waals surface area contributed by atoms with Crippen molar-refractivity contribution in [2.45, 2.75) is 30.2 Å². The zero-order valence-electron chi connectivity index (χ0n) is 7.45. The van der Waals surface area contributed by atoms with Crippen molar-refractivity contribution in [3.63, 3.8) is 0 Å². The summed E-state index contributed by atoms with van der Waals surface area (Å²) in [5, 5.41) is 9.10. The van der Waals surface area contributed by atoms with Crippen molar-refractivity contribution in [2.75, 3.05) is 13.1 Å². The monoisotopic (exact) mass is 247 g/mol. The number of carbonyl (C=O) groups excluding carboxylic acids is 1. The molecule has 1 aliphatic heterocycles. The van der Waals surface area contributed by atoms with E-state index in [-0.39, 0.29) is 16.8 Å². The van der Waals surface area contributed by atoms with Gasteiger partial charge in [-0.05, 0) is 25.2 Å². The molecular formula is C9H14BrNO2. The number of hydrogen-bond donors (Lipinski definition) is 1. The summed E-state index contributed by atoms with van der Waals surface area (Å²) in [7, 11) is 0. The van der Waals surface area contributed by atoms with Crippen molar-refractivity contribution in [2.24, 2.45) is 5.92 Å². The van der Waals surface area contributed by atoms with Crippen LogP contribution in [-0.4, -0.2) is 39.9 Å². The Kier molecular flexibility index (Phi) is 2.60. The molecule has 1 amide bonds. The predicted molar refractivity (Wildman–Crippen MR) is 52.6 cm³/mol. The van der Waals surface area contributed by atoms with Crippen LogP contribution in [0.15, 0.2) is 0 Å². The Hall–Kier alpha value is -0.0900. The minimum absolute atomic E-state index is 0.0394. The molecule has 1 saturated heterocycles. The summed E-state index contributed by atoms with van der Waals surface area (Å²) in [6, 6.07) is 0. The van der Waals surface area contributed by atoms with Crippen LogP contribution in [0.4, 0.5) is 0 Å². The topological polar surface area (TPSA) is 40.5 Å². The second-order valence-electron chi connectivity index (χ2n) is 4.03. The van der Waals surface area contributed by atoms with Crippen LogP contribution in [0.1, 0.15) is 19.3 Å². The van der Waals surface area contributed by atoms with Gasteiger partial charge in [0.15, 0.2) is 0 Å². The van der Waals surface area contributed by atoms with Gasteiger partial charge in [0.05, 0.1) is 10.9 Å². The lowest BCUT2D eigenvalue weighted by molar-refractivity contribution is -0.128. The van der Waals surface area contributed by atoms with Gasteiger partial charge >= 0.3 is 0 Å². The first kappa shape index (κ1) is 9.46. The lowest BCUT2D eigenvalue weighted by Crippen LogP contribution is -2.39. The Morgan fingerprint density at radius 1 is 1.54 bits per heavy atom. The molecule has 0 aromatic rings. The molecule has 1 N–H and O–H groups in total. The number of carbonyl (C=O) groups is 1. The number of amides is 1. The standard InChI is InChI=1S/C9H14BrNO2/c10-8-1-2-11(9(8)13)5-6-3-7(12)4-6/h6-8,12H,1-5H2. The van der Waals surface area contributed by atoms with E-state index in [2.05, 4.69) is 15.9 Å². The SMILES string of the molecule is O=C1C(Br)CCN1CC1CC(O)C1. The molecule has 13 heavy (non-hydrogen) atoms. The van der Waals surface area contributed by atoms with Crippen LogP contribution in [0.2, 0.25) is 0 Å². The highest BCUT2D eigenvalue weighted by Gasteiger charge is 2.34. The van der Waals surface area contributed by atoms with Gasteiger partial charge in [-0.15, -0.1) is 0 Å². The van der Waals surface area contributed by atoms with Crippen LogP contribution in [0.3, 0.4) is 0 Å². The quantitative estimate of drug-likeness (QED) is 0.733. The summed E-state index contributed by atoms with van der Waals surface area (Å²) in [5.74, 6) is 0.762. The van der Waals surface area contributed by atoms with E-state index in [0.29, 0.717) is 5.92 Å². The van der Waals surface area contributed by atoms with E-state index in [1.165, 1.54) is 0 Å². The highest BCUT2D eigenvalue weighted by molar-refractivity contribution is 9.10. The Morgan fingerprint density at radius 3 is 2.69 bits per heavy atom. The molecule has 2 fully saturated rings. The Labute approximate surface area is 86.2 Å². The molecule has 0 aromatic heterocycles. The van der Waals surface area contributed by atoms with Crippen molar-refractivity contribution >= 4 is 21.8 Å². The molecule has 74 valence electrons. The van der Waals surface area contributed by atoms with Crippen LogP contribution in [0.5, 0.6) is 0 Å². The zero-order valence-corrected chi connectivity index (χ0v) is 9.03. The maximum atomic E-state index is 11.5. The second kappa shape index (κ2) is 3.58. The van der Waals surface area contributed by atoms with Crippen LogP contribution in [0.25, 0.3) is 0 Å². The number of aliphatic hydroxyl groups excluding tert-OH is 1. The van der Waals surface area contributed by atoms with Crippen LogP contribution in [0, 0.1) is 5.92 Å². The molecule has 4 heteroatoms. The minimum Gasteiger partial charge on any atom is -0.393 e. The lowest BCUT2D eigenvalue weighted by Gasteiger charge is -2.34. The van der Waals surface area contributed by atoms with E-state index in [1.807, 2.05) is 4.90 Å². The van der Waals surface area contributed by atoms with E-state index in [9.17, 15) is 4.79 Å². The summed E-state index contributed by atoms with van der Waals surface area (Å²) >= 11 is 3.35. The number of likely N-dealkylation sites (tertiary alicyclic amines) is 1. The van der Waals surface area contributed by atoms with Gasteiger partial charge in [-0.3, -0.25) is 4.79 Å². The van der Waals surface area contributed by atoms with Gasteiger partial charge in [0.25, 0.3) is 0 Å². The third-order valence-electron chi connectivity index (χ3n) is 2.92. The van der Waals surface area contributed by atoms with Crippen molar-refractivity contribution in [3.05, 3.63) is 0 Å². The molecule has 1 saturated carbocycles. The van der Waals surface area contributed by atoms with Gasteiger partial charge in [0, 0.05) is 13.1 Å². The van der Waals surface area contributed by atoms with Gasteiger partial charge < -0.3 is 10.0 Å². The smallest absolute Gasteiger partial charge is 0.236 e. The number of alkyl halides is 1. The Morgan fingerprint density at radius 2 is 2.23 bits per heavy atom. The maximum Gasteiger partial charge on any atom is 0.236 e. The first-order valence-electron chi connectivity index (χ1n) is 4.77. The number of nitrogens with zero attached hydrogens (tertiary/aromatic N) is 1. The van der Waals surface area contributed by atoms with Crippen LogP contribution in [-0.2, 0) is 4.79 Å². The van der Waals surface area contributed by atoms with E-state index >= 15 is 0 Å². The third kappa shape index (κ3) is 1.89. The van der Waals surface area contributed by atoms with E-state index in [1.54, 1.807) is 0 Å². The van der Waals surface area contributed by atoms with Gasteiger partial charge in [0.2, 0.25) is 5.91 Å². The summed E-state index contributed by atoms with van der Waals surface area (Å²) in [6.07, 6.45) is 2.56. The van der Waals surface area contributed by atoms with E-state index in [4.69, 9.17) is 5.11 Å². The molecule has 1 aliphatic carbocycles. The summed E-state index contributed by atoms with van der Waals surface area (Å²) in [5.41, 5.74) is 0. The first-order valence-corrected chi connectivity index (χ1v) is 5.69. The molecule has 2 aliphatic rings. The third-order valence-corrected chi connectivity index (χ3v) is 3.77. The van der Waals surface area contributed by atoms with Crippen LogP contribution >= 0.6 is 15.9 Å². The molecule has 0 bridgehead atoms. The molecule has 2 rings (SSSR count). The fraction of sp³-hybridized carbons (Fsp3) is 0.889. The summed E-state index contributed by atoms with van der Waals surface area (Å²) in [6.45, 7) is 1.72. The summed E-state index contributed by atoms with van der Waals surface area (Å²) < 4.78 is 0. The minimum atomic E-state index is -0.109. The summed E-state index contributed by atoms with van der Waals surface area (Å²) in [4.78, 5) is 13.4. The van der Waals surface area contributed by atoms with Crippen molar-refractivity contribution in [1.82, 2.24) is 4.90 Å². The lowest BCUT2D eigenvalue weighted by atomic mass is 9.82. The fourth-order valence-electron chi connectivity index (χ4n) is 2.04.